The summed E-state index contributed by atoms with van der Waals surface area (Å²) < 4.78 is 15.3. The molecule has 1 N–H and O–H groups in total. The number of likely N-dealkylation sites (tertiary alicyclic amines) is 1. The summed E-state index contributed by atoms with van der Waals surface area (Å²) in [4.78, 5) is 25.4. The summed E-state index contributed by atoms with van der Waals surface area (Å²) in [5.74, 6) is -2.11. The molecule has 0 spiro atoms. The summed E-state index contributed by atoms with van der Waals surface area (Å²) in [7, 11) is 0. The molecule has 3 rings (SSSR count). The number of amides is 1. The standard InChI is InChI=1S/C17H18FN3O3/c1-11-13(9-19-21(11)15-7-3-2-6-14(15)18)16(22)20-8-4-5-12(10-20)17(23)24/h2-3,6-7,9,12H,4-5,8,10H2,1H3,(H,23,24)/t12-/m1/s1. The van der Waals surface area contributed by atoms with Gasteiger partial charge in [0, 0.05) is 13.1 Å². The van der Waals surface area contributed by atoms with Crippen LogP contribution in [0.4, 0.5) is 4.39 Å². The number of halogens is 1. The van der Waals surface area contributed by atoms with Crippen molar-refractivity contribution in [2.45, 2.75) is 19.8 Å². The van der Waals surface area contributed by atoms with Crippen LogP contribution in [-0.2, 0) is 4.79 Å². The maximum atomic E-state index is 13.9. The van der Waals surface area contributed by atoms with Gasteiger partial charge >= 0.3 is 5.97 Å². The molecule has 0 radical (unpaired) electrons. The fourth-order valence-electron chi connectivity index (χ4n) is 3.02. The van der Waals surface area contributed by atoms with Crippen molar-refractivity contribution in [2.24, 2.45) is 5.92 Å². The average Bonchev–Trinajstić information content (AvgIpc) is 2.96. The number of nitrogens with zero attached hydrogens (tertiary/aromatic N) is 3. The first-order valence-electron chi connectivity index (χ1n) is 7.80. The Hall–Kier alpha value is -2.70. The van der Waals surface area contributed by atoms with Crippen molar-refractivity contribution in [3.63, 3.8) is 0 Å². The lowest BCUT2D eigenvalue weighted by molar-refractivity contribution is -0.143. The zero-order valence-electron chi connectivity index (χ0n) is 13.3. The number of piperidine rings is 1. The molecule has 0 unspecified atom stereocenters. The molecule has 1 amide bonds. The molecule has 1 fully saturated rings. The molecule has 2 heterocycles. The first kappa shape index (κ1) is 16.2. The number of aromatic nitrogens is 2. The fourth-order valence-corrected chi connectivity index (χ4v) is 3.02. The normalized spacial score (nSPS) is 17.8. The topological polar surface area (TPSA) is 75.4 Å². The van der Waals surface area contributed by atoms with Crippen molar-refractivity contribution in [1.29, 1.82) is 0 Å². The van der Waals surface area contributed by atoms with E-state index in [1.165, 1.54) is 21.8 Å². The monoisotopic (exact) mass is 331 g/mol. The van der Waals surface area contributed by atoms with Gasteiger partial charge in [-0.15, -0.1) is 0 Å². The molecule has 1 atom stereocenters. The van der Waals surface area contributed by atoms with Crippen LogP contribution >= 0.6 is 0 Å². The molecular weight excluding hydrogens is 313 g/mol. The van der Waals surface area contributed by atoms with E-state index >= 15 is 0 Å². The molecule has 1 aromatic heterocycles. The Morgan fingerprint density at radius 3 is 2.79 bits per heavy atom. The van der Waals surface area contributed by atoms with E-state index in [1.807, 2.05) is 0 Å². The van der Waals surface area contributed by atoms with E-state index in [0.29, 0.717) is 30.6 Å². The van der Waals surface area contributed by atoms with Crippen LogP contribution in [0, 0.1) is 18.7 Å². The van der Waals surface area contributed by atoms with Crippen molar-refractivity contribution >= 4 is 11.9 Å². The van der Waals surface area contributed by atoms with Gasteiger partial charge in [-0.3, -0.25) is 9.59 Å². The molecule has 1 aliphatic heterocycles. The summed E-state index contributed by atoms with van der Waals surface area (Å²) in [5, 5.41) is 13.3. The van der Waals surface area contributed by atoms with E-state index in [2.05, 4.69) is 5.10 Å². The van der Waals surface area contributed by atoms with Crippen LogP contribution < -0.4 is 0 Å². The number of rotatable bonds is 3. The van der Waals surface area contributed by atoms with Crippen molar-refractivity contribution in [3.8, 4) is 5.69 Å². The average molecular weight is 331 g/mol. The predicted molar refractivity (Wildman–Crippen MR) is 84.5 cm³/mol. The third-order valence-corrected chi connectivity index (χ3v) is 4.38. The third kappa shape index (κ3) is 2.89. The molecule has 24 heavy (non-hydrogen) atoms. The van der Waals surface area contributed by atoms with Gasteiger partial charge in [0.25, 0.3) is 5.91 Å². The first-order chi connectivity index (χ1) is 11.5. The molecule has 1 saturated heterocycles. The number of carboxylic acids is 1. The SMILES string of the molecule is Cc1c(C(=O)N2CCC[C@@H](C(=O)O)C2)cnn1-c1ccccc1F. The minimum atomic E-state index is -0.883. The van der Waals surface area contributed by atoms with Gasteiger partial charge in [0.2, 0.25) is 0 Å². The van der Waals surface area contributed by atoms with E-state index in [9.17, 15) is 14.0 Å². The number of carbonyl (C=O) groups is 2. The second-order valence-corrected chi connectivity index (χ2v) is 5.94. The molecule has 0 saturated carbocycles. The van der Waals surface area contributed by atoms with Crippen molar-refractivity contribution in [1.82, 2.24) is 14.7 Å². The van der Waals surface area contributed by atoms with Crippen LogP contribution in [0.1, 0.15) is 28.9 Å². The second-order valence-electron chi connectivity index (χ2n) is 5.94. The number of aliphatic carboxylic acids is 1. The van der Waals surface area contributed by atoms with Gasteiger partial charge in [-0.2, -0.15) is 5.10 Å². The Kier molecular flexibility index (Phi) is 4.33. The van der Waals surface area contributed by atoms with Crippen molar-refractivity contribution in [3.05, 3.63) is 47.5 Å². The van der Waals surface area contributed by atoms with Gasteiger partial charge in [-0.05, 0) is 31.9 Å². The fraction of sp³-hybridized carbons (Fsp3) is 0.353. The van der Waals surface area contributed by atoms with E-state index in [0.717, 1.165) is 0 Å². The second kappa shape index (κ2) is 6.43. The summed E-state index contributed by atoms with van der Waals surface area (Å²) >= 11 is 0. The van der Waals surface area contributed by atoms with E-state index in [4.69, 9.17) is 5.11 Å². The number of carboxylic acid groups (broad SMARTS) is 1. The molecule has 1 aromatic carbocycles. The molecule has 2 aromatic rings. The van der Waals surface area contributed by atoms with Gasteiger partial charge in [-0.1, -0.05) is 12.1 Å². The van der Waals surface area contributed by atoms with Gasteiger partial charge in [0.15, 0.2) is 0 Å². The smallest absolute Gasteiger partial charge is 0.308 e. The van der Waals surface area contributed by atoms with Crippen molar-refractivity contribution in [2.75, 3.05) is 13.1 Å². The largest absolute Gasteiger partial charge is 0.481 e. The lowest BCUT2D eigenvalue weighted by atomic mass is 9.98. The minimum Gasteiger partial charge on any atom is -0.481 e. The van der Waals surface area contributed by atoms with Gasteiger partial charge in [0.05, 0.1) is 23.4 Å². The maximum absolute atomic E-state index is 13.9. The van der Waals surface area contributed by atoms with Crippen LogP contribution in [-0.4, -0.2) is 44.8 Å². The highest BCUT2D eigenvalue weighted by molar-refractivity contribution is 5.95. The number of carbonyl (C=O) groups excluding carboxylic acids is 1. The lowest BCUT2D eigenvalue weighted by Crippen LogP contribution is -2.42. The number of para-hydroxylation sites is 1. The quantitative estimate of drug-likeness (QED) is 0.936. The van der Waals surface area contributed by atoms with Crippen LogP contribution in [0.3, 0.4) is 0 Å². The maximum Gasteiger partial charge on any atom is 0.308 e. The van der Waals surface area contributed by atoms with Crippen molar-refractivity contribution < 1.29 is 19.1 Å². The summed E-state index contributed by atoms with van der Waals surface area (Å²) in [6.45, 7) is 2.41. The van der Waals surface area contributed by atoms with Crippen LogP contribution in [0.5, 0.6) is 0 Å². The van der Waals surface area contributed by atoms with E-state index < -0.39 is 17.7 Å². The zero-order chi connectivity index (χ0) is 17.3. The summed E-state index contributed by atoms with van der Waals surface area (Å²) in [5.41, 5.74) is 1.17. The highest BCUT2D eigenvalue weighted by Gasteiger charge is 2.30. The molecule has 126 valence electrons. The van der Waals surface area contributed by atoms with Crippen LogP contribution in [0.2, 0.25) is 0 Å². The number of benzene rings is 1. The number of hydrogen-bond donors (Lipinski definition) is 1. The third-order valence-electron chi connectivity index (χ3n) is 4.38. The molecule has 1 aliphatic rings. The van der Waals surface area contributed by atoms with Crippen LogP contribution in [0.15, 0.2) is 30.5 Å². The number of hydrogen-bond acceptors (Lipinski definition) is 3. The molecular formula is C17H18FN3O3. The molecule has 7 heteroatoms. The molecule has 0 aliphatic carbocycles. The Labute approximate surface area is 138 Å². The van der Waals surface area contributed by atoms with Gasteiger partial charge < -0.3 is 10.0 Å². The summed E-state index contributed by atoms with van der Waals surface area (Å²) in [6.07, 6.45) is 2.64. The molecule has 0 bridgehead atoms. The first-order valence-corrected chi connectivity index (χ1v) is 7.80. The zero-order valence-corrected chi connectivity index (χ0v) is 13.3. The highest BCUT2D eigenvalue weighted by atomic mass is 19.1. The van der Waals surface area contributed by atoms with Crippen LogP contribution in [0.25, 0.3) is 5.69 Å². The Morgan fingerprint density at radius 1 is 1.33 bits per heavy atom. The Bertz CT molecular complexity index is 787. The van der Waals surface area contributed by atoms with E-state index in [-0.39, 0.29) is 18.1 Å². The van der Waals surface area contributed by atoms with Gasteiger partial charge in [0.1, 0.15) is 11.5 Å². The van der Waals surface area contributed by atoms with Gasteiger partial charge in [-0.25, -0.2) is 9.07 Å². The Balaban J connectivity index is 1.87. The predicted octanol–water partition coefficient (Wildman–Crippen LogP) is 2.26. The highest BCUT2D eigenvalue weighted by Crippen LogP contribution is 2.22. The summed E-state index contributed by atoms with van der Waals surface area (Å²) in [6, 6.07) is 6.21. The minimum absolute atomic E-state index is 0.193. The van der Waals surface area contributed by atoms with E-state index in [1.54, 1.807) is 25.1 Å². The molecule has 6 nitrogen and oxygen atoms in total. The lowest BCUT2D eigenvalue weighted by Gasteiger charge is -2.30. The Morgan fingerprint density at radius 2 is 2.08 bits per heavy atom.